The van der Waals surface area contributed by atoms with Gasteiger partial charge in [-0.2, -0.15) is 0 Å². The van der Waals surface area contributed by atoms with Crippen molar-refractivity contribution in [1.82, 2.24) is 4.98 Å². The number of carbonyl (C=O) groups is 2. The number of amides is 1. The van der Waals surface area contributed by atoms with Gasteiger partial charge >= 0.3 is 0 Å². The minimum Gasteiger partial charge on any atom is -0.457 e. The molecule has 0 aliphatic carbocycles. The fourth-order valence-electron chi connectivity index (χ4n) is 2.86. The van der Waals surface area contributed by atoms with E-state index in [0.717, 1.165) is 5.56 Å². The second-order valence-corrected chi connectivity index (χ2v) is 6.69. The number of Topliss-reactive ketones (excluding diaryl/α,β-unsaturated/α-hetero) is 1. The number of aliphatic hydroxyl groups excluding tert-OH is 1. The molecule has 144 valence electrons. The van der Waals surface area contributed by atoms with Crippen LogP contribution in [0.15, 0.2) is 42.6 Å². The predicted molar refractivity (Wildman–Crippen MR) is 107 cm³/mol. The van der Waals surface area contributed by atoms with Gasteiger partial charge in [-0.05, 0) is 41.5 Å². The van der Waals surface area contributed by atoms with Crippen molar-refractivity contribution in [3.8, 4) is 11.5 Å². The minimum atomic E-state index is -0.645. The molecule has 1 heterocycles. The van der Waals surface area contributed by atoms with Crippen molar-refractivity contribution in [3.05, 3.63) is 64.3 Å². The molecule has 0 saturated carbocycles. The van der Waals surface area contributed by atoms with Gasteiger partial charge in [0.15, 0.2) is 0 Å². The number of halogens is 1. The van der Waals surface area contributed by atoms with E-state index in [0.29, 0.717) is 39.4 Å². The number of primary amides is 1. The third-order valence-electron chi connectivity index (χ3n) is 4.40. The van der Waals surface area contributed by atoms with Gasteiger partial charge < -0.3 is 15.6 Å². The number of pyridine rings is 1. The molecule has 0 aliphatic heterocycles. The van der Waals surface area contributed by atoms with Crippen molar-refractivity contribution >= 4 is 34.2 Å². The maximum absolute atomic E-state index is 11.7. The van der Waals surface area contributed by atoms with Crippen molar-refractivity contribution < 1.29 is 19.4 Å². The zero-order chi connectivity index (χ0) is 20.3. The largest absolute Gasteiger partial charge is 0.457 e. The van der Waals surface area contributed by atoms with Crippen LogP contribution in [0.4, 0.5) is 0 Å². The summed E-state index contributed by atoms with van der Waals surface area (Å²) in [5.74, 6) is 0.408. The Hall–Kier alpha value is -2.96. The molecule has 2 aromatic carbocycles. The second-order valence-electron chi connectivity index (χ2n) is 6.28. The third-order valence-corrected chi connectivity index (χ3v) is 4.75. The maximum atomic E-state index is 11.7. The van der Waals surface area contributed by atoms with Gasteiger partial charge in [0.2, 0.25) is 5.91 Å². The number of aliphatic hydroxyl groups is 1. The van der Waals surface area contributed by atoms with Crippen LogP contribution >= 0.6 is 11.6 Å². The number of hydrogen-bond acceptors (Lipinski definition) is 5. The molecule has 1 amide bonds. The molecule has 3 N–H and O–H groups in total. The Labute approximate surface area is 166 Å². The predicted octanol–water partition coefficient (Wildman–Crippen LogP) is 3.79. The smallest absolute Gasteiger partial charge is 0.249 e. The van der Waals surface area contributed by atoms with Crippen LogP contribution in [0.2, 0.25) is 5.02 Å². The topological polar surface area (TPSA) is 103 Å². The Bertz CT molecular complexity index is 1070. The van der Waals surface area contributed by atoms with Crippen LogP contribution in [0.25, 0.3) is 10.9 Å². The van der Waals surface area contributed by atoms with Gasteiger partial charge in [-0.15, -0.1) is 0 Å². The summed E-state index contributed by atoms with van der Waals surface area (Å²) in [7, 11) is 0. The van der Waals surface area contributed by atoms with E-state index in [-0.39, 0.29) is 24.4 Å². The molecule has 0 aliphatic rings. The van der Waals surface area contributed by atoms with E-state index in [1.165, 1.54) is 0 Å². The summed E-state index contributed by atoms with van der Waals surface area (Å²) < 4.78 is 5.94. The minimum absolute atomic E-state index is 0.106. The molecule has 0 fully saturated rings. The number of hydrogen-bond donors (Lipinski definition) is 2. The molecule has 0 spiro atoms. The van der Waals surface area contributed by atoms with E-state index in [9.17, 15) is 14.7 Å². The average molecular weight is 399 g/mol. The highest BCUT2D eigenvalue weighted by Gasteiger charge is 2.14. The van der Waals surface area contributed by atoms with E-state index >= 15 is 0 Å². The molecule has 0 bridgehead atoms. The van der Waals surface area contributed by atoms with Crippen LogP contribution < -0.4 is 10.5 Å². The van der Waals surface area contributed by atoms with Crippen molar-refractivity contribution in [3.63, 3.8) is 0 Å². The van der Waals surface area contributed by atoms with Crippen LogP contribution in [0, 0.1) is 0 Å². The molecule has 3 aromatic rings. The standard InChI is InChI=1S/C21H19ClN2O4/c1-2-14(26)7-12-3-4-15(9-18(12)22)28-20-5-6-24-19-8-13(11-25)16(21(23)27)10-17(19)20/h3-6,8-10,25H,2,7,11H2,1H3,(H2,23,27). The molecule has 3 rings (SSSR count). The number of ether oxygens (including phenoxy) is 1. The number of rotatable bonds is 7. The zero-order valence-electron chi connectivity index (χ0n) is 15.2. The van der Waals surface area contributed by atoms with Crippen LogP contribution in [0.5, 0.6) is 11.5 Å². The molecular weight excluding hydrogens is 380 g/mol. The van der Waals surface area contributed by atoms with Gasteiger partial charge in [0, 0.05) is 35.0 Å². The quantitative estimate of drug-likeness (QED) is 0.630. The summed E-state index contributed by atoms with van der Waals surface area (Å²) in [4.78, 5) is 27.6. The van der Waals surface area contributed by atoms with Crippen molar-refractivity contribution in [2.75, 3.05) is 0 Å². The van der Waals surface area contributed by atoms with Gasteiger partial charge in [0.1, 0.15) is 17.3 Å². The lowest BCUT2D eigenvalue weighted by Gasteiger charge is -2.12. The SMILES string of the molecule is CCC(=O)Cc1ccc(Oc2ccnc3cc(CO)c(C(N)=O)cc23)cc1Cl. The number of benzene rings is 2. The Morgan fingerprint density at radius 3 is 2.61 bits per heavy atom. The van der Waals surface area contributed by atoms with Gasteiger partial charge in [0.25, 0.3) is 0 Å². The molecule has 1 aromatic heterocycles. The molecule has 7 heteroatoms. The first-order valence-corrected chi connectivity index (χ1v) is 9.11. The fraction of sp³-hybridized carbons (Fsp3) is 0.190. The first-order valence-electron chi connectivity index (χ1n) is 8.73. The number of nitrogens with zero attached hydrogens (tertiary/aromatic N) is 1. The highest BCUT2D eigenvalue weighted by atomic mass is 35.5. The molecular formula is C21H19ClN2O4. The third kappa shape index (κ3) is 4.13. The van der Waals surface area contributed by atoms with Crippen LogP contribution in [-0.2, 0) is 17.8 Å². The monoisotopic (exact) mass is 398 g/mol. The van der Waals surface area contributed by atoms with E-state index < -0.39 is 5.91 Å². The van der Waals surface area contributed by atoms with Crippen molar-refractivity contribution in [2.24, 2.45) is 5.73 Å². The summed E-state index contributed by atoms with van der Waals surface area (Å²) in [6, 6.07) is 9.95. The van der Waals surface area contributed by atoms with E-state index in [1.54, 1.807) is 42.6 Å². The van der Waals surface area contributed by atoms with Crippen molar-refractivity contribution in [2.45, 2.75) is 26.4 Å². The average Bonchev–Trinajstić information content (AvgIpc) is 2.69. The van der Waals surface area contributed by atoms with E-state index in [1.807, 2.05) is 6.92 Å². The normalized spacial score (nSPS) is 10.8. The lowest BCUT2D eigenvalue weighted by atomic mass is 10.0. The maximum Gasteiger partial charge on any atom is 0.249 e. The lowest BCUT2D eigenvalue weighted by molar-refractivity contribution is -0.118. The molecule has 0 atom stereocenters. The summed E-state index contributed by atoms with van der Waals surface area (Å²) in [5.41, 5.74) is 7.32. The highest BCUT2D eigenvalue weighted by Crippen LogP contribution is 2.32. The molecule has 0 saturated heterocycles. The Kier molecular flexibility index (Phi) is 5.92. The number of fused-ring (bicyclic) bond motifs is 1. The molecule has 0 unspecified atom stereocenters. The van der Waals surface area contributed by atoms with Gasteiger partial charge in [-0.25, -0.2) is 0 Å². The van der Waals surface area contributed by atoms with Crippen molar-refractivity contribution in [1.29, 1.82) is 0 Å². The first kappa shape index (κ1) is 19.8. The number of ketones is 1. The van der Waals surface area contributed by atoms with Crippen LogP contribution in [0.1, 0.15) is 34.8 Å². The Morgan fingerprint density at radius 2 is 1.96 bits per heavy atom. The zero-order valence-corrected chi connectivity index (χ0v) is 16.0. The van der Waals surface area contributed by atoms with Gasteiger partial charge in [-0.1, -0.05) is 24.6 Å². The molecule has 0 radical (unpaired) electrons. The summed E-state index contributed by atoms with van der Waals surface area (Å²) in [6.07, 6.45) is 2.30. The summed E-state index contributed by atoms with van der Waals surface area (Å²) in [6.45, 7) is 1.49. The highest BCUT2D eigenvalue weighted by molar-refractivity contribution is 6.31. The van der Waals surface area contributed by atoms with E-state index in [2.05, 4.69) is 4.98 Å². The van der Waals surface area contributed by atoms with E-state index in [4.69, 9.17) is 22.1 Å². The lowest BCUT2D eigenvalue weighted by Crippen LogP contribution is -2.14. The first-order chi connectivity index (χ1) is 13.4. The second kappa shape index (κ2) is 8.37. The number of nitrogens with two attached hydrogens (primary N) is 1. The summed E-state index contributed by atoms with van der Waals surface area (Å²) in [5, 5.41) is 10.5. The van der Waals surface area contributed by atoms with Gasteiger partial charge in [0.05, 0.1) is 12.1 Å². The fourth-order valence-corrected chi connectivity index (χ4v) is 3.10. The molecule has 28 heavy (non-hydrogen) atoms. The Balaban J connectivity index is 1.98. The summed E-state index contributed by atoms with van der Waals surface area (Å²) >= 11 is 6.29. The number of aromatic nitrogens is 1. The van der Waals surface area contributed by atoms with Crippen LogP contribution in [0.3, 0.4) is 0 Å². The van der Waals surface area contributed by atoms with Gasteiger partial charge in [-0.3, -0.25) is 14.6 Å². The number of carbonyl (C=O) groups excluding carboxylic acids is 2. The molecule has 6 nitrogen and oxygen atoms in total. The van der Waals surface area contributed by atoms with Crippen LogP contribution in [-0.4, -0.2) is 21.8 Å². The Morgan fingerprint density at radius 1 is 1.18 bits per heavy atom.